The summed E-state index contributed by atoms with van der Waals surface area (Å²) in [6, 6.07) is 3.23. The summed E-state index contributed by atoms with van der Waals surface area (Å²) >= 11 is 3.28. The lowest BCUT2D eigenvalue weighted by atomic mass is 10.2. The number of nitrogens with two attached hydrogens (primary N) is 1. The van der Waals surface area contributed by atoms with E-state index in [9.17, 15) is 8.42 Å². The first kappa shape index (κ1) is 14.5. The Balaban J connectivity index is 3.38. The van der Waals surface area contributed by atoms with E-state index in [2.05, 4.69) is 15.9 Å². The predicted molar refractivity (Wildman–Crippen MR) is 73.4 cm³/mol. The van der Waals surface area contributed by atoms with Crippen molar-refractivity contribution in [2.75, 3.05) is 18.8 Å². The number of rotatable bonds is 4. The summed E-state index contributed by atoms with van der Waals surface area (Å²) in [5.41, 5.74) is 6.86. The fourth-order valence-corrected chi connectivity index (χ4v) is 3.81. The number of aryl methyl sites for hydroxylation is 1. The standard InChI is InChI=1S/C11H17BrN2O2S/c1-4-14(5-2)17(15,16)11-7-10(13)9(12)6-8(11)3/h6-7H,4-5,13H2,1-3H3. The molecule has 0 heterocycles. The SMILES string of the molecule is CCN(CC)S(=O)(=O)c1cc(N)c(Br)cc1C. The maximum Gasteiger partial charge on any atom is 0.243 e. The summed E-state index contributed by atoms with van der Waals surface area (Å²) in [6.45, 7) is 6.31. The molecule has 0 unspecified atom stereocenters. The number of nitrogen functional groups attached to an aromatic ring is 1. The lowest BCUT2D eigenvalue weighted by Gasteiger charge is -2.20. The fourth-order valence-electron chi connectivity index (χ4n) is 1.65. The average molecular weight is 321 g/mol. The Hall–Kier alpha value is -0.590. The van der Waals surface area contributed by atoms with E-state index in [4.69, 9.17) is 5.73 Å². The van der Waals surface area contributed by atoms with Crippen LogP contribution in [-0.4, -0.2) is 25.8 Å². The fraction of sp³-hybridized carbons (Fsp3) is 0.455. The van der Waals surface area contributed by atoms with Crippen LogP contribution in [0.25, 0.3) is 0 Å². The number of nitrogens with zero attached hydrogens (tertiary/aromatic N) is 1. The van der Waals surface area contributed by atoms with Gasteiger partial charge < -0.3 is 5.73 Å². The molecule has 0 saturated heterocycles. The van der Waals surface area contributed by atoms with Crippen LogP contribution >= 0.6 is 15.9 Å². The Bertz CT molecular complexity index is 510. The van der Waals surface area contributed by atoms with Gasteiger partial charge in [-0.3, -0.25) is 0 Å². The van der Waals surface area contributed by atoms with Crippen molar-refractivity contribution in [2.45, 2.75) is 25.7 Å². The minimum atomic E-state index is -3.44. The van der Waals surface area contributed by atoms with E-state index >= 15 is 0 Å². The topological polar surface area (TPSA) is 63.4 Å². The van der Waals surface area contributed by atoms with Gasteiger partial charge in [-0.15, -0.1) is 0 Å². The van der Waals surface area contributed by atoms with E-state index in [1.807, 2.05) is 13.8 Å². The van der Waals surface area contributed by atoms with Gasteiger partial charge in [0.15, 0.2) is 0 Å². The Morgan fingerprint density at radius 2 is 1.82 bits per heavy atom. The molecule has 0 amide bonds. The smallest absolute Gasteiger partial charge is 0.243 e. The van der Waals surface area contributed by atoms with Gasteiger partial charge in [0.1, 0.15) is 0 Å². The molecular formula is C11H17BrN2O2S. The Morgan fingerprint density at radius 3 is 2.29 bits per heavy atom. The summed E-state index contributed by atoms with van der Waals surface area (Å²) in [4.78, 5) is 0.280. The third-order valence-corrected chi connectivity index (χ3v) is 5.50. The van der Waals surface area contributed by atoms with Crippen molar-refractivity contribution in [3.8, 4) is 0 Å². The van der Waals surface area contributed by atoms with Gasteiger partial charge in [-0.25, -0.2) is 8.42 Å². The van der Waals surface area contributed by atoms with Gasteiger partial charge in [0, 0.05) is 23.2 Å². The second-order valence-electron chi connectivity index (χ2n) is 3.73. The van der Waals surface area contributed by atoms with Crippen molar-refractivity contribution >= 4 is 31.6 Å². The van der Waals surface area contributed by atoms with Crippen molar-refractivity contribution in [1.29, 1.82) is 0 Å². The molecule has 4 nitrogen and oxygen atoms in total. The van der Waals surface area contributed by atoms with Crippen LogP contribution < -0.4 is 5.73 Å². The molecule has 0 aromatic heterocycles. The summed E-state index contributed by atoms with van der Waals surface area (Å²) < 4.78 is 26.8. The zero-order valence-corrected chi connectivity index (χ0v) is 12.6. The maximum absolute atomic E-state index is 12.3. The maximum atomic E-state index is 12.3. The van der Waals surface area contributed by atoms with Gasteiger partial charge in [0.05, 0.1) is 4.90 Å². The Kier molecular flexibility index (Phi) is 4.57. The molecule has 17 heavy (non-hydrogen) atoms. The summed E-state index contributed by atoms with van der Waals surface area (Å²) in [5, 5.41) is 0. The predicted octanol–water partition coefficient (Wildman–Crippen LogP) is 2.37. The average Bonchev–Trinajstić information content (AvgIpc) is 2.24. The molecule has 0 aliphatic rings. The van der Waals surface area contributed by atoms with Crippen LogP contribution in [-0.2, 0) is 10.0 Å². The van der Waals surface area contributed by atoms with E-state index in [0.717, 1.165) is 0 Å². The number of benzene rings is 1. The molecule has 0 atom stereocenters. The van der Waals surface area contributed by atoms with E-state index in [1.165, 1.54) is 10.4 Å². The molecule has 6 heteroatoms. The van der Waals surface area contributed by atoms with Gasteiger partial charge in [-0.1, -0.05) is 13.8 Å². The van der Waals surface area contributed by atoms with E-state index in [-0.39, 0.29) is 4.90 Å². The molecule has 0 aliphatic carbocycles. The lowest BCUT2D eigenvalue weighted by Crippen LogP contribution is -2.31. The van der Waals surface area contributed by atoms with Crippen LogP contribution in [0.15, 0.2) is 21.5 Å². The highest BCUT2D eigenvalue weighted by Crippen LogP contribution is 2.28. The molecule has 0 aliphatic heterocycles. The van der Waals surface area contributed by atoms with Crippen LogP contribution in [0.5, 0.6) is 0 Å². The van der Waals surface area contributed by atoms with Gasteiger partial charge in [0.2, 0.25) is 10.0 Å². The molecule has 0 fully saturated rings. The molecule has 2 N–H and O–H groups in total. The highest BCUT2D eigenvalue weighted by atomic mass is 79.9. The molecule has 1 aromatic rings. The Morgan fingerprint density at radius 1 is 1.29 bits per heavy atom. The minimum Gasteiger partial charge on any atom is -0.398 e. The third-order valence-electron chi connectivity index (χ3n) is 2.62. The molecule has 1 rings (SSSR count). The van der Waals surface area contributed by atoms with Gasteiger partial charge in [0.25, 0.3) is 0 Å². The first-order chi connectivity index (χ1) is 7.84. The molecular weight excluding hydrogens is 304 g/mol. The highest BCUT2D eigenvalue weighted by molar-refractivity contribution is 9.10. The van der Waals surface area contributed by atoms with Crippen molar-refractivity contribution in [3.05, 3.63) is 22.2 Å². The second-order valence-corrected chi connectivity index (χ2v) is 6.49. The quantitative estimate of drug-likeness (QED) is 0.866. The minimum absolute atomic E-state index is 0.280. The molecule has 1 aromatic carbocycles. The van der Waals surface area contributed by atoms with Crippen molar-refractivity contribution in [2.24, 2.45) is 0 Å². The monoisotopic (exact) mass is 320 g/mol. The van der Waals surface area contributed by atoms with E-state index in [0.29, 0.717) is 28.8 Å². The number of hydrogen-bond donors (Lipinski definition) is 1. The summed E-state index contributed by atoms with van der Waals surface area (Å²) in [7, 11) is -3.44. The van der Waals surface area contributed by atoms with Gasteiger partial charge in [-0.2, -0.15) is 4.31 Å². The normalized spacial score (nSPS) is 12.1. The zero-order valence-electron chi connectivity index (χ0n) is 10.2. The van der Waals surface area contributed by atoms with Crippen molar-refractivity contribution in [3.63, 3.8) is 0 Å². The third kappa shape index (κ3) is 2.81. The largest absolute Gasteiger partial charge is 0.398 e. The van der Waals surface area contributed by atoms with E-state index in [1.54, 1.807) is 13.0 Å². The highest BCUT2D eigenvalue weighted by Gasteiger charge is 2.24. The number of anilines is 1. The van der Waals surface area contributed by atoms with Gasteiger partial charge in [-0.05, 0) is 40.5 Å². The molecule has 0 spiro atoms. The van der Waals surface area contributed by atoms with Gasteiger partial charge >= 0.3 is 0 Å². The zero-order chi connectivity index (χ0) is 13.2. The summed E-state index contributed by atoms with van der Waals surface area (Å²) in [5.74, 6) is 0. The number of hydrogen-bond acceptors (Lipinski definition) is 3. The van der Waals surface area contributed by atoms with Crippen molar-refractivity contribution < 1.29 is 8.42 Å². The van der Waals surface area contributed by atoms with Crippen molar-refractivity contribution in [1.82, 2.24) is 4.31 Å². The van der Waals surface area contributed by atoms with Crippen LogP contribution in [0, 0.1) is 6.92 Å². The lowest BCUT2D eigenvalue weighted by molar-refractivity contribution is 0.445. The van der Waals surface area contributed by atoms with E-state index < -0.39 is 10.0 Å². The van der Waals surface area contributed by atoms with Crippen LogP contribution in [0.4, 0.5) is 5.69 Å². The molecule has 96 valence electrons. The number of halogens is 1. The first-order valence-electron chi connectivity index (χ1n) is 5.40. The first-order valence-corrected chi connectivity index (χ1v) is 7.63. The van der Waals surface area contributed by atoms with Crippen LogP contribution in [0.3, 0.4) is 0 Å². The second kappa shape index (κ2) is 5.37. The number of sulfonamides is 1. The van der Waals surface area contributed by atoms with Crippen LogP contribution in [0.1, 0.15) is 19.4 Å². The molecule has 0 bridgehead atoms. The molecule has 0 radical (unpaired) electrons. The Labute approximate surface area is 111 Å². The summed E-state index contributed by atoms with van der Waals surface area (Å²) in [6.07, 6.45) is 0. The van der Waals surface area contributed by atoms with Crippen LogP contribution in [0.2, 0.25) is 0 Å². The molecule has 0 saturated carbocycles.